The van der Waals surface area contributed by atoms with Crippen molar-refractivity contribution in [1.29, 1.82) is 0 Å². The van der Waals surface area contributed by atoms with Crippen molar-refractivity contribution in [2.75, 3.05) is 13.6 Å². The molecule has 0 heterocycles. The Labute approximate surface area is 94.2 Å². The average molecular weight is 214 g/mol. The van der Waals surface area contributed by atoms with E-state index in [2.05, 4.69) is 51.8 Å². The maximum Gasteiger partial charge on any atom is 0.221 e. The van der Waals surface area contributed by atoms with E-state index >= 15 is 0 Å². The maximum atomic E-state index is 11.2. The first-order valence-electron chi connectivity index (χ1n) is 5.57. The van der Waals surface area contributed by atoms with Crippen molar-refractivity contribution in [3.63, 3.8) is 0 Å². The van der Waals surface area contributed by atoms with E-state index in [-0.39, 0.29) is 17.0 Å². The van der Waals surface area contributed by atoms with Crippen molar-refractivity contribution in [2.45, 2.75) is 59.0 Å². The number of carbonyl (C=O) groups is 1. The fraction of sp³-hybridized carbons (Fsp3) is 0.917. The summed E-state index contributed by atoms with van der Waals surface area (Å²) in [5.74, 6) is 0.105. The summed E-state index contributed by atoms with van der Waals surface area (Å²) >= 11 is 0. The Balaban J connectivity index is 4.49. The molecule has 0 unspecified atom stereocenters. The molecule has 0 aliphatic rings. The molecule has 0 spiro atoms. The molecular weight excluding hydrogens is 188 g/mol. The second kappa shape index (κ2) is 4.97. The van der Waals surface area contributed by atoms with Crippen LogP contribution in [0.2, 0.25) is 0 Å². The predicted octanol–water partition coefficient (Wildman–Crippen LogP) is 2.02. The molecule has 90 valence electrons. The fourth-order valence-electron chi connectivity index (χ4n) is 2.02. The van der Waals surface area contributed by atoms with Crippen LogP contribution in [0.4, 0.5) is 0 Å². The Bertz CT molecular complexity index is 197. The number of nitrogens with one attached hydrogen (secondary N) is 1. The van der Waals surface area contributed by atoms with Crippen LogP contribution < -0.4 is 5.32 Å². The van der Waals surface area contributed by atoms with Gasteiger partial charge in [-0.25, -0.2) is 0 Å². The number of hydrogen-bond donors (Lipinski definition) is 1. The zero-order chi connectivity index (χ0) is 12.3. The quantitative estimate of drug-likeness (QED) is 0.779. The van der Waals surface area contributed by atoms with Gasteiger partial charge < -0.3 is 5.32 Å². The highest BCUT2D eigenvalue weighted by atomic mass is 16.1. The molecule has 0 aliphatic heterocycles. The molecule has 1 amide bonds. The second-order valence-corrected chi connectivity index (χ2v) is 5.92. The Hall–Kier alpha value is -0.570. The first-order chi connectivity index (χ1) is 6.59. The third kappa shape index (κ3) is 5.17. The van der Waals surface area contributed by atoms with Crippen LogP contribution in [0.25, 0.3) is 0 Å². The summed E-state index contributed by atoms with van der Waals surface area (Å²) in [7, 11) is 1.68. The Kier molecular flexibility index (Phi) is 4.78. The smallest absolute Gasteiger partial charge is 0.221 e. The van der Waals surface area contributed by atoms with E-state index in [0.29, 0.717) is 6.42 Å². The minimum Gasteiger partial charge on any atom is -0.359 e. The van der Waals surface area contributed by atoms with Crippen molar-refractivity contribution in [3.05, 3.63) is 0 Å². The van der Waals surface area contributed by atoms with Gasteiger partial charge in [0.2, 0.25) is 5.91 Å². The lowest BCUT2D eigenvalue weighted by Crippen LogP contribution is -2.53. The number of rotatable bonds is 3. The SMILES string of the molecule is CNC(=O)CCN(C(C)(C)C)C(C)(C)C. The van der Waals surface area contributed by atoms with E-state index in [4.69, 9.17) is 0 Å². The summed E-state index contributed by atoms with van der Waals surface area (Å²) in [6, 6.07) is 0. The van der Waals surface area contributed by atoms with Gasteiger partial charge >= 0.3 is 0 Å². The minimum absolute atomic E-state index is 0.0896. The minimum atomic E-state index is 0.0896. The molecule has 0 saturated carbocycles. The number of nitrogens with zero attached hydrogens (tertiary/aromatic N) is 1. The van der Waals surface area contributed by atoms with Crippen molar-refractivity contribution in [2.24, 2.45) is 0 Å². The standard InChI is InChI=1S/C12H26N2O/c1-11(2,3)14(12(4,5)6)9-8-10(15)13-7/h8-9H2,1-7H3,(H,13,15). The largest absolute Gasteiger partial charge is 0.359 e. The van der Waals surface area contributed by atoms with Gasteiger partial charge in [-0.2, -0.15) is 0 Å². The first-order valence-corrected chi connectivity index (χ1v) is 5.57. The van der Waals surface area contributed by atoms with Crippen molar-refractivity contribution >= 4 is 5.91 Å². The van der Waals surface area contributed by atoms with Gasteiger partial charge in [0.25, 0.3) is 0 Å². The fourth-order valence-corrected chi connectivity index (χ4v) is 2.02. The van der Waals surface area contributed by atoms with Crippen LogP contribution >= 0.6 is 0 Å². The predicted molar refractivity (Wildman–Crippen MR) is 64.9 cm³/mol. The van der Waals surface area contributed by atoms with Crippen LogP contribution in [0.1, 0.15) is 48.0 Å². The lowest BCUT2D eigenvalue weighted by atomic mass is 9.95. The van der Waals surface area contributed by atoms with E-state index < -0.39 is 0 Å². The molecule has 0 aromatic carbocycles. The molecule has 1 N–H and O–H groups in total. The second-order valence-electron chi connectivity index (χ2n) is 5.92. The van der Waals surface area contributed by atoms with E-state index in [1.54, 1.807) is 7.05 Å². The topological polar surface area (TPSA) is 32.3 Å². The highest BCUT2D eigenvalue weighted by molar-refractivity contribution is 5.75. The molecule has 0 fully saturated rings. The normalized spacial score (nSPS) is 13.1. The number of carbonyl (C=O) groups excluding carboxylic acids is 1. The molecule has 3 heteroatoms. The zero-order valence-corrected chi connectivity index (χ0v) is 11.3. The number of amides is 1. The van der Waals surface area contributed by atoms with Gasteiger partial charge in [-0.1, -0.05) is 0 Å². The molecule has 15 heavy (non-hydrogen) atoms. The van der Waals surface area contributed by atoms with E-state index in [9.17, 15) is 4.79 Å². The first kappa shape index (κ1) is 14.4. The summed E-state index contributed by atoms with van der Waals surface area (Å²) in [4.78, 5) is 13.6. The summed E-state index contributed by atoms with van der Waals surface area (Å²) in [5.41, 5.74) is 0.179. The molecule has 0 aromatic heterocycles. The van der Waals surface area contributed by atoms with Crippen molar-refractivity contribution in [3.8, 4) is 0 Å². The van der Waals surface area contributed by atoms with Crippen LogP contribution in [0.15, 0.2) is 0 Å². The Morgan fingerprint density at radius 1 is 1.07 bits per heavy atom. The Morgan fingerprint density at radius 3 is 1.73 bits per heavy atom. The van der Waals surface area contributed by atoms with Gasteiger partial charge in [0.15, 0.2) is 0 Å². The van der Waals surface area contributed by atoms with Crippen LogP contribution in [-0.4, -0.2) is 35.5 Å². The van der Waals surface area contributed by atoms with Gasteiger partial charge in [0.1, 0.15) is 0 Å². The third-order valence-corrected chi connectivity index (χ3v) is 2.46. The summed E-state index contributed by atoms with van der Waals surface area (Å²) in [6.07, 6.45) is 0.561. The van der Waals surface area contributed by atoms with Crippen molar-refractivity contribution < 1.29 is 4.79 Å². The van der Waals surface area contributed by atoms with Gasteiger partial charge in [-0.05, 0) is 41.5 Å². The highest BCUT2D eigenvalue weighted by Gasteiger charge is 2.31. The molecule has 0 aromatic rings. The molecule has 3 nitrogen and oxygen atoms in total. The van der Waals surface area contributed by atoms with Crippen LogP contribution in [-0.2, 0) is 4.79 Å². The molecule has 0 saturated heterocycles. The summed E-state index contributed by atoms with van der Waals surface area (Å²) in [6.45, 7) is 13.9. The van der Waals surface area contributed by atoms with Crippen LogP contribution in [0, 0.1) is 0 Å². The van der Waals surface area contributed by atoms with E-state index in [0.717, 1.165) is 6.54 Å². The van der Waals surface area contributed by atoms with Gasteiger partial charge in [-0.3, -0.25) is 9.69 Å². The van der Waals surface area contributed by atoms with Gasteiger partial charge in [0, 0.05) is 31.1 Å². The molecule has 0 bridgehead atoms. The average Bonchev–Trinajstić information content (AvgIpc) is 1.99. The molecule has 0 radical (unpaired) electrons. The molecule has 0 aliphatic carbocycles. The van der Waals surface area contributed by atoms with Crippen molar-refractivity contribution in [1.82, 2.24) is 10.2 Å². The molecule has 0 atom stereocenters. The monoisotopic (exact) mass is 214 g/mol. The molecule has 0 rings (SSSR count). The maximum absolute atomic E-state index is 11.2. The van der Waals surface area contributed by atoms with Crippen LogP contribution in [0.5, 0.6) is 0 Å². The summed E-state index contributed by atoms with van der Waals surface area (Å²) in [5, 5.41) is 2.66. The lowest BCUT2D eigenvalue weighted by molar-refractivity contribution is -0.121. The van der Waals surface area contributed by atoms with Gasteiger partial charge in [-0.15, -0.1) is 0 Å². The third-order valence-electron chi connectivity index (χ3n) is 2.46. The lowest BCUT2D eigenvalue weighted by Gasteiger charge is -2.45. The highest BCUT2D eigenvalue weighted by Crippen LogP contribution is 2.24. The number of hydrogen-bond acceptors (Lipinski definition) is 2. The van der Waals surface area contributed by atoms with E-state index in [1.165, 1.54) is 0 Å². The van der Waals surface area contributed by atoms with E-state index in [1.807, 2.05) is 0 Å². The van der Waals surface area contributed by atoms with Gasteiger partial charge in [0.05, 0.1) is 0 Å². The zero-order valence-electron chi connectivity index (χ0n) is 11.3. The molecular formula is C12H26N2O. The van der Waals surface area contributed by atoms with Crippen LogP contribution in [0.3, 0.4) is 0 Å². The summed E-state index contributed by atoms with van der Waals surface area (Å²) < 4.78 is 0. The Morgan fingerprint density at radius 2 is 1.47 bits per heavy atom.